The Morgan fingerprint density at radius 3 is 2.70 bits per heavy atom. The molecule has 0 unspecified atom stereocenters. The van der Waals surface area contributed by atoms with Crippen LogP contribution < -0.4 is 5.32 Å². The maximum absolute atomic E-state index is 4.30. The molecular formula is C16H24N4. The molecule has 2 heterocycles. The van der Waals surface area contributed by atoms with Gasteiger partial charge in [0.15, 0.2) is 0 Å². The van der Waals surface area contributed by atoms with Crippen LogP contribution in [0.2, 0.25) is 0 Å². The van der Waals surface area contributed by atoms with Crippen molar-refractivity contribution in [2.45, 2.75) is 38.8 Å². The van der Waals surface area contributed by atoms with E-state index in [1.807, 2.05) is 17.9 Å². The van der Waals surface area contributed by atoms with Crippen molar-refractivity contribution < 1.29 is 0 Å². The van der Waals surface area contributed by atoms with Gasteiger partial charge in [-0.1, -0.05) is 0 Å². The molecule has 1 fully saturated rings. The zero-order valence-electron chi connectivity index (χ0n) is 12.6. The molecule has 4 nitrogen and oxygen atoms in total. The third-order valence-corrected chi connectivity index (χ3v) is 4.38. The molecule has 2 aromatic rings. The Labute approximate surface area is 120 Å². The van der Waals surface area contributed by atoms with Crippen molar-refractivity contribution in [3.05, 3.63) is 24.4 Å². The van der Waals surface area contributed by atoms with Gasteiger partial charge in [0.2, 0.25) is 0 Å². The minimum atomic E-state index is 0.596. The van der Waals surface area contributed by atoms with Crippen LogP contribution in [0.1, 0.15) is 26.7 Å². The topological polar surface area (TPSA) is 33.1 Å². The molecule has 3 rings (SSSR count). The summed E-state index contributed by atoms with van der Waals surface area (Å²) in [5, 5.41) is 9.18. The van der Waals surface area contributed by atoms with Crippen LogP contribution in [-0.4, -0.2) is 39.9 Å². The van der Waals surface area contributed by atoms with E-state index >= 15 is 0 Å². The van der Waals surface area contributed by atoms with Gasteiger partial charge in [-0.05, 0) is 44.9 Å². The fourth-order valence-corrected chi connectivity index (χ4v) is 3.05. The molecule has 0 amide bonds. The maximum atomic E-state index is 4.30. The van der Waals surface area contributed by atoms with Crippen LogP contribution in [0.15, 0.2) is 24.4 Å². The number of aryl methyl sites for hydroxylation is 1. The van der Waals surface area contributed by atoms with Crippen LogP contribution in [0.4, 0.5) is 5.69 Å². The summed E-state index contributed by atoms with van der Waals surface area (Å²) in [7, 11) is 1.98. The smallest absolute Gasteiger partial charge is 0.0680 e. The summed E-state index contributed by atoms with van der Waals surface area (Å²) in [6.45, 7) is 6.96. The number of aromatic nitrogens is 2. The highest BCUT2D eigenvalue weighted by Crippen LogP contribution is 2.22. The molecule has 0 bridgehead atoms. The fourth-order valence-electron chi connectivity index (χ4n) is 3.05. The normalized spacial score (nSPS) is 18.0. The molecular weight excluding hydrogens is 248 g/mol. The van der Waals surface area contributed by atoms with Crippen LogP contribution in [0.5, 0.6) is 0 Å². The Kier molecular flexibility index (Phi) is 3.66. The summed E-state index contributed by atoms with van der Waals surface area (Å²) < 4.78 is 1.92. The summed E-state index contributed by atoms with van der Waals surface area (Å²) in [5.74, 6) is 0. The Morgan fingerprint density at radius 1 is 1.25 bits per heavy atom. The van der Waals surface area contributed by atoms with Crippen molar-refractivity contribution in [3.63, 3.8) is 0 Å². The lowest BCUT2D eigenvalue weighted by molar-refractivity contribution is 0.177. The predicted molar refractivity (Wildman–Crippen MR) is 84.1 cm³/mol. The molecule has 0 radical (unpaired) electrons. The first kappa shape index (κ1) is 13.4. The molecule has 4 heteroatoms. The largest absolute Gasteiger partial charge is 0.382 e. The van der Waals surface area contributed by atoms with Crippen molar-refractivity contribution in [1.29, 1.82) is 0 Å². The van der Waals surface area contributed by atoms with Crippen molar-refractivity contribution in [1.82, 2.24) is 14.7 Å². The van der Waals surface area contributed by atoms with E-state index in [-0.39, 0.29) is 0 Å². The lowest BCUT2D eigenvalue weighted by atomic mass is 10.0. The number of hydrogen-bond donors (Lipinski definition) is 1. The van der Waals surface area contributed by atoms with E-state index < -0.39 is 0 Å². The lowest BCUT2D eigenvalue weighted by Crippen LogP contribution is -2.42. The second kappa shape index (κ2) is 5.44. The molecule has 0 spiro atoms. The summed E-state index contributed by atoms with van der Waals surface area (Å²) in [6, 6.07) is 7.78. The highest BCUT2D eigenvalue weighted by molar-refractivity contribution is 5.82. The van der Waals surface area contributed by atoms with Gasteiger partial charge in [-0.3, -0.25) is 4.68 Å². The fraction of sp³-hybridized carbons (Fsp3) is 0.562. The molecule has 1 aromatic carbocycles. The maximum Gasteiger partial charge on any atom is 0.0680 e. The van der Waals surface area contributed by atoms with Gasteiger partial charge in [0, 0.05) is 43.3 Å². The number of benzene rings is 1. The second-order valence-corrected chi connectivity index (χ2v) is 6.09. The van der Waals surface area contributed by atoms with Crippen LogP contribution in [0.3, 0.4) is 0 Å². The number of piperidine rings is 1. The lowest BCUT2D eigenvalue weighted by Gasteiger charge is -2.35. The Balaban J connectivity index is 1.65. The van der Waals surface area contributed by atoms with E-state index in [0.717, 1.165) is 0 Å². The number of fused-ring (bicyclic) bond motifs is 1. The Hall–Kier alpha value is -1.55. The first-order valence-corrected chi connectivity index (χ1v) is 7.56. The van der Waals surface area contributed by atoms with Gasteiger partial charge in [0.25, 0.3) is 0 Å². The standard InChI is InChI=1S/C16H24N4/c1-12(2)20-8-6-14(7-9-20)18-15-4-5-16-13(10-15)11-17-19(16)3/h4-5,10-12,14,18H,6-9H2,1-3H3. The summed E-state index contributed by atoms with van der Waals surface area (Å²) in [6.07, 6.45) is 4.38. The van der Waals surface area contributed by atoms with E-state index in [1.165, 1.54) is 42.5 Å². The van der Waals surface area contributed by atoms with E-state index in [4.69, 9.17) is 0 Å². The number of rotatable bonds is 3. The highest BCUT2D eigenvalue weighted by atomic mass is 15.2. The summed E-state index contributed by atoms with van der Waals surface area (Å²) in [5.41, 5.74) is 2.40. The van der Waals surface area contributed by atoms with Crippen LogP contribution >= 0.6 is 0 Å². The third kappa shape index (κ3) is 2.66. The number of hydrogen-bond acceptors (Lipinski definition) is 3. The number of nitrogens with one attached hydrogen (secondary N) is 1. The van der Waals surface area contributed by atoms with Crippen molar-refractivity contribution in [2.75, 3.05) is 18.4 Å². The molecule has 0 atom stereocenters. The minimum Gasteiger partial charge on any atom is -0.382 e. The first-order valence-electron chi connectivity index (χ1n) is 7.56. The van der Waals surface area contributed by atoms with Gasteiger partial charge in [0.05, 0.1) is 11.7 Å². The number of nitrogens with zero attached hydrogens (tertiary/aromatic N) is 3. The van der Waals surface area contributed by atoms with E-state index in [2.05, 4.69) is 47.4 Å². The quantitative estimate of drug-likeness (QED) is 0.932. The molecule has 1 saturated heterocycles. The average Bonchev–Trinajstić information content (AvgIpc) is 2.81. The SMILES string of the molecule is CC(C)N1CCC(Nc2ccc3c(cnn3C)c2)CC1. The van der Waals surface area contributed by atoms with Crippen LogP contribution in [0.25, 0.3) is 10.9 Å². The molecule has 108 valence electrons. The Morgan fingerprint density at radius 2 is 2.00 bits per heavy atom. The molecule has 1 aliphatic rings. The molecule has 20 heavy (non-hydrogen) atoms. The van der Waals surface area contributed by atoms with Crippen LogP contribution in [0, 0.1) is 0 Å². The van der Waals surface area contributed by atoms with Gasteiger partial charge >= 0.3 is 0 Å². The van der Waals surface area contributed by atoms with Gasteiger partial charge < -0.3 is 10.2 Å². The number of anilines is 1. The van der Waals surface area contributed by atoms with E-state index in [1.54, 1.807) is 0 Å². The zero-order chi connectivity index (χ0) is 14.1. The molecule has 0 saturated carbocycles. The highest BCUT2D eigenvalue weighted by Gasteiger charge is 2.20. The third-order valence-electron chi connectivity index (χ3n) is 4.38. The molecule has 0 aliphatic carbocycles. The van der Waals surface area contributed by atoms with Crippen molar-refractivity contribution in [3.8, 4) is 0 Å². The monoisotopic (exact) mass is 272 g/mol. The zero-order valence-corrected chi connectivity index (χ0v) is 12.6. The van der Waals surface area contributed by atoms with Crippen molar-refractivity contribution >= 4 is 16.6 Å². The van der Waals surface area contributed by atoms with Gasteiger partial charge in [-0.15, -0.1) is 0 Å². The molecule has 1 aliphatic heterocycles. The Bertz CT molecular complexity index is 579. The van der Waals surface area contributed by atoms with E-state index in [0.29, 0.717) is 12.1 Å². The van der Waals surface area contributed by atoms with Gasteiger partial charge in [0.1, 0.15) is 0 Å². The van der Waals surface area contributed by atoms with Crippen molar-refractivity contribution in [2.24, 2.45) is 7.05 Å². The van der Waals surface area contributed by atoms with Crippen LogP contribution in [-0.2, 0) is 7.05 Å². The predicted octanol–water partition coefficient (Wildman–Crippen LogP) is 2.86. The first-order chi connectivity index (χ1) is 9.63. The minimum absolute atomic E-state index is 0.596. The van der Waals surface area contributed by atoms with Gasteiger partial charge in [-0.2, -0.15) is 5.10 Å². The summed E-state index contributed by atoms with van der Waals surface area (Å²) >= 11 is 0. The summed E-state index contributed by atoms with van der Waals surface area (Å²) in [4.78, 5) is 2.56. The van der Waals surface area contributed by atoms with E-state index in [9.17, 15) is 0 Å². The number of likely N-dealkylation sites (tertiary alicyclic amines) is 1. The second-order valence-electron chi connectivity index (χ2n) is 6.09. The molecule has 1 N–H and O–H groups in total. The molecule has 1 aromatic heterocycles. The average molecular weight is 272 g/mol. The van der Waals surface area contributed by atoms with Gasteiger partial charge in [-0.25, -0.2) is 0 Å².